The summed E-state index contributed by atoms with van der Waals surface area (Å²) in [5.74, 6) is -0.642. The first-order valence-corrected chi connectivity index (χ1v) is 22.0. The number of aryl methyl sites for hydroxylation is 3. The fraction of sp³-hybridized carbons (Fsp3) is 0.0492. The monoisotopic (exact) mass is 842 g/mol. The number of nitrogens with zero attached hydrogens (tertiary/aromatic N) is 2. The summed E-state index contributed by atoms with van der Waals surface area (Å²) in [6.07, 6.45) is 0. The van der Waals surface area contributed by atoms with Crippen LogP contribution in [0.2, 0.25) is 0 Å². The summed E-state index contributed by atoms with van der Waals surface area (Å²) < 4.78 is 28.9. The SMILES string of the molecule is Cc1ccc(N(c2ccc(C)cc2)c2c3ccccc3c(-c3cc(C)cc(-c4c5ccccc5c(N(c5ccc(F)cc5)c5ccc(F)cc5)c5ccccc45)c3)c3ccccc23)cc1. The Morgan fingerprint density at radius 2 is 0.538 bits per heavy atom. The largest absolute Gasteiger partial charge is 0.309 e. The highest BCUT2D eigenvalue weighted by atomic mass is 19.1. The summed E-state index contributed by atoms with van der Waals surface area (Å²) in [6.45, 7) is 6.45. The highest BCUT2D eigenvalue weighted by molar-refractivity contribution is 6.24. The van der Waals surface area contributed by atoms with Gasteiger partial charge in [-0.25, -0.2) is 8.78 Å². The van der Waals surface area contributed by atoms with Crippen LogP contribution in [0.15, 0.2) is 212 Å². The van der Waals surface area contributed by atoms with Gasteiger partial charge in [0.25, 0.3) is 0 Å². The highest BCUT2D eigenvalue weighted by Gasteiger charge is 2.25. The Hall–Kier alpha value is -8.08. The molecule has 312 valence electrons. The minimum Gasteiger partial charge on any atom is -0.309 e. The van der Waals surface area contributed by atoms with E-state index in [0.29, 0.717) is 0 Å². The van der Waals surface area contributed by atoms with Gasteiger partial charge in [-0.1, -0.05) is 145 Å². The van der Waals surface area contributed by atoms with E-state index in [1.54, 1.807) is 24.3 Å². The fourth-order valence-corrected chi connectivity index (χ4v) is 9.77. The Bertz CT molecular complexity index is 3140. The van der Waals surface area contributed by atoms with Crippen LogP contribution >= 0.6 is 0 Å². The molecule has 0 amide bonds. The molecule has 0 saturated heterocycles. The van der Waals surface area contributed by atoms with Gasteiger partial charge in [0.05, 0.1) is 11.4 Å². The third-order valence-electron chi connectivity index (χ3n) is 12.7. The van der Waals surface area contributed by atoms with Gasteiger partial charge in [0.2, 0.25) is 0 Å². The summed E-state index contributed by atoms with van der Waals surface area (Å²) in [5.41, 5.74) is 13.9. The van der Waals surface area contributed by atoms with Gasteiger partial charge in [0.1, 0.15) is 11.6 Å². The second kappa shape index (κ2) is 16.2. The molecular weight excluding hydrogens is 799 g/mol. The molecule has 0 saturated carbocycles. The number of halogens is 2. The average molecular weight is 843 g/mol. The zero-order valence-corrected chi connectivity index (χ0v) is 36.4. The van der Waals surface area contributed by atoms with Crippen LogP contribution in [0.3, 0.4) is 0 Å². The predicted molar refractivity (Wildman–Crippen MR) is 271 cm³/mol. The molecule has 11 aromatic rings. The van der Waals surface area contributed by atoms with Gasteiger partial charge in [-0.15, -0.1) is 0 Å². The van der Waals surface area contributed by atoms with Crippen LogP contribution < -0.4 is 9.80 Å². The van der Waals surface area contributed by atoms with Crippen molar-refractivity contribution in [2.75, 3.05) is 9.80 Å². The molecule has 0 atom stereocenters. The van der Waals surface area contributed by atoms with Crippen LogP contribution in [-0.4, -0.2) is 0 Å². The molecule has 0 aromatic heterocycles. The molecule has 0 heterocycles. The lowest BCUT2D eigenvalue weighted by atomic mass is 9.85. The quantitative estimate of drug-likeness (QED) is 0.141. The van der Waals surface area contributed by atoms with E-state index in [-0.39, 0.29) is 11.6 Å². The van der Waals surface area contributed by atoms with Gasteiger partial charge in [-0.3, -0.25) is 0 Å². The zero-order valence-electron chi connectivity index (χ0n) is 36.4. The topological polar surface area (TPSA) is 6.48 Å². The van der Waals surface area contributed by atoms with Gasteiger partial charge in [0.15, 0.2) is 0 Å². The van der Waals surface area contributed by atoms with Crippen LogP contribution in [0.1, 0.15) is 16.7 Å². The second-order valence-corrected chi connectivity index (χ2v) is 17.0. The van der Waals surface area contributed by atoms with E-state index in [2.05, 4.69) is 194 Å². The Balaban J connectivity index is 1.18. The predicted octanol–water partition coefficient (Wildman–Crippen LogP) is 17.8. The van der Waals surface area contributed by atoms with Crippen LogP contribution in [0, 0.1) is 32.4 Å². The van der Waals surface area contributed by atoms with Crippen LogP contribution in [0.25, 0.3) is 65.3 Å². The van der Waals surface area contributed by atoms with Crippen molar-refractivity contribution in [2.24, 2.45) is 0 Å². The molecule has 0 aliphatic rings. The maximum Gasteiger partial charge on any atom is 0.123 e. The van der Waals surface area contributed by atoms with Gasteiger partial charge in [-0.05, 0) is 149 Å². The molecule has 11 aromatic carbocycles. The van der Waals surface area contributed by atoms with Crippen molar-refractivity contribution in [2.45, 2.75) is 20.8 Å². The van der Waals surface area contributed by atoms with Crippen molar-refractivity contribution < 1.29 is 8.78 Å². The Morgan fingerprint density at radius 3 is 0.831 bits per heavy atom. The number of anilines is 6. The van der Waals surface area contributed by atoms with Crippen molar-refractivity contribution >= 4 is 77.2 Å². The summed E-state index contributed by atoms with van der Waals surface area (Å²) in [5, 5.41) is 8.84. The maximum absolute atomic E-state index is 14.5. The molecule has 11 rings (SSSR count). The molecule has 0 radical (unpaired) electrons. The normalized spacial score (nSPS) is 11.5. The molecule has 0 unspecified atom stereocenters. The van der Waals surface area contributed by atoms with Gasteiger partial charge < -0.3 is 9.80 Å². The van der Waals surface area contributed by atoms with E-state index >= 15 is 0 Å². The fourth-order valence-electron chi connectivity index (χ4n) is 9.77. The van der Waals surface area contributed by atoms with E-state index in [1.807, 2.05) is 0 Å². The van der Waals surface area contributed by atoms with Gasteiger partial charge >= 0.3 is 0 Å². The summed E-state index contributed by atoms with van der Waals surface area (Å²) in [4.78, 5) is 4.53. The van der Waals surface area contributed by atoms with Gasteiger partial charge in [0, 0.05) is 44.3 Å². The number of hydrogen-bond acceptors (Lipinski definition) is 2. The molecule has 4 heteroatoms. The number of rotatable bonds is 8. The molecule has 0 aliphatic heterocycles. The third-order valence-corrected chi connectivity index (χ3v) is 12.7. The third kappa shape index (κ3) is 7.04. The highest BCUT2D eigenvalue weighted by Crippen LogP contribution is 2.51. The number of hydrogen-bond donors (Lipinski definition) is 0. The summed E-state index contributed by atoms with van der Waals surface area (Å²) in [7, 11) is 0. The minimum atomic E-state index is -0.321. The van der Waals surface area contributed by atoms with Crippen LogP contribution in [-0.2, 0) is 0 Å². The molecular formula is C61H44F2N2. The lowest BCUT2D eigenvalue weighted by molar-refractivity contribution is 0.628. The van der Waals surface area contributed by atoms with Crippen molar-refractivity contribution in [3.05, 3.63) is 241 Å². The average Bonchev–Trinajstić information content (AvgIpc) is 3.33. The molecule has 0 bridgehead atoms. The number of benzene rings is 11. The van der Waals surface area contributed by atoms with E-state index < -0.39 is 0 Å². The van der Waals surface area contributed by atoms with Gasteiger partial charge in [-0.2, -0.15) is 0 Å². The van der Waals surface area contributed by atoms with Crippen LogP contribution in [0.5, 0.6) is 0 Å². The van der Waals surface area contributed by atoms with Crippen molar-refractivity contribution in [3.63, 3.8) is 0 Å². The molecule has 2 nitrogen and oxygen atoms in total. The Morgan fingerprint density at radius 1 is 0.277 bits per heavy atom. The molecule has 0 spiro atoms. The molecule has 0 fully saturated rings. The second-order valence-electron chi connectivity index (χ2n) is 17.0. The van der Waals surface area contributed by atoms with E-state index in [0.717, 1.165) is 88.7 Å². The zero-order chi connectivity index (χ0) is 44.2. The Labute approximate surface area is 377 Å². The van der Waals surface area contributed by atoms with E-state index in [4.69, 9.17) is 0 Å². The van der Waals surface area contributed by atoms with Crippen LogP contribution in [0.4, 0.5) is 42.9 Å². The first kappa shape index (κ1) is 39.7. The standard InChI is InChI=1S/C61H44F2N2/c1-39-20-28-46(29-21-39)64(47-30-22-40(2)23-31-47)60-54-16-8-4-12-50(54)58(51-13-5-9-17-55(51)60)42-36-41(3)37-43(38-42)59-52-14-6-10-18-56(52)61(57-19-11-7-15-53(57)59)65(48-32-24-44(62)25-33-48)49-34-26-45(63)27-35-49/h4-38H,1-3H3. The van der Waals surface area contributed by atoms with E-state index in [9.17, 15) is 8.78 Å². The maximum atomic E-state index is 14.5. The Kier molecular flexibility index (Phi) is 9.93. The van der Waals surface area contributed by atoms with E-state index in [1.165, 1.54) is 51.7 Å². The smallest absolute Gasteiger partial charge is 0.123 e. The number of fused-ring (bicyclic) bond motifs is 4. The first-order valence-electron chi connectivity index (χ1n) is 22.0. The lowest BCUT2D eigenvalue weighted by Gasteiger charge is -2.30. The van der Waals surface area contributed by atoms with Crippen molar-refractivity contribution in [1.82, 2.24) is 0 Å². The summed E-state index contributed by atoms with van der Waals surface area (Å²) in [6, 6.07) is 72.3. The molecule has 0 aliphatic carbocycles. The first-order chi connectivity index (χ1) is 31.8. The lowest BCUT2D eigenvalue weighted by Crippen LogP contribution is -2.11. The van der Waals surface area contributed by atoms with Crippen molar-refractivity contribution in [1.29, 1.82) is 0 Å². The van der Waals surface area contributed by atoms with Crippen molar-refractivity contribution in [3.8, 4) is 22.3 Å². The summed E-state index contributed by atoms with van der Waals surface area (Å²) >= 11 is 0. The minimum absolute atomic E-state index is 0.321. The molecule has 0 N–H and O–H groups in total. The molecule has 65 heavy (non-hydrogen) atoms.